The first-order chi connectivity index (χ1) is 6.64. The maximum Gasteiger partial charge on any atom is 0.00327 e. The van der Waals surface area contributed by atoms with Crippen LogP contribution in [0, 0.1) is 5.41 Å². The van der Waals surface area contributed by atoms with Gasteiger partial charge in [-0.15, -0.1) is 0 Å². The van der Waals surface area contributed by atoms with E-state index in [1.54, 1.807) is 0 Å². The van der Waals surface area contributed by atoms with Crippen LogP contribution in [0.4, 0.5) is 0 Å². The van der Waals surface area contributed by atoms with Crippen molar-refractivity contribution in [2.45, 2.75) is 59.3 Å². The Bertz CT molecular complexity index is 145. The van der Waals surface area contributed by atoms with Gasteiger partial charge in [-0.25, -0.2) is 0 Å². The molecule has 1 aliphatic rings. The highest BCUT2D eigenvalue weighted by Crippen LogP contribution is 2.26. The molecule has 0 aliphatic carbocycles. The molecular formula is C13H27N. The summed E-state index contributed by atoms with van der Waals surface area (Å²) < 4.78 is 0. The molecule has 1 fully saturated rings. The minimum atomic E-state index is 0.541. The first-order valence-corrected chi connectivity index (χ1v) is 6.36. The summed E-state index contributed by atoms with van der Waals surface area (Å²) in [6.45, 7) is 11.2. The van der Waals surface area contributed by atoms with Crippen molar-refractivity contribution in [1.82, 2.24) is 4.90 Å². The first-order valence-electron chi connectivity index (χ1n) is 6.36. The Morgan fingerprint density at radius 1 is 1.07 bits per heavy atom. The Hall–Kier alpha value is -0.0400. The molecule has 14 heavy (non-hydrogen) atoms. The van der Waals surface area contributed by atoms with Crippen molar-refractivity contribution >= 4 is 0 Å². The Kier molecular flexibility index (Phi) is 4.94. The van der Waals surface area contributed by atoms with Crippen LogP contribution in [0.15, 0.2) is 0 Å². The van der Waals surface area contributed by atoms with Gasteiger partial charge in [0.05, 0.1) is 0 Å². The van der Waals surface area contributed by atoms with Crippen LogP contribution in [-0.2, 0) is 0 Å². The summed E-state index contributed by atoms with van der Waals surface area (Å²) in [4.78, 5) is 2.64. The average Bonchev–Trinajstić information content (AvgIpc) is 2.56. The van der Waals surface area contributed by atoms with E-state index in [2.05, 4.69) is 25.7 Å². The summed E-state index contributed by atoms with van der Waals surface area (Å²) in [5.41, 5.74) is 0.541. The number of likely N-dealkylation sites (tertiary alicyclic amines) is 1. The summed E-state index contributed by atoms with van der Waals surface area (Å²) >= 11 is 0. The zero-order valence-corrected chi connectivity index (χ0v) is 10.3. The molecule has 1 heterocycles. The maximum atomic E-state index is 2.64. The molecule has 1 nitrogen and oxygen atoms in total. The first kappa shape index (κ1) is 12.0. The van der Waals surface area contributed by atoms with Gasteiger partial charge in [0.15, 0.2) is 0 Å². The van der Waals surface area contributed by atoms with Gasteiger partial charge in [0.25, 0.3) is 0 Å². The van der Waals surface area contributed by atoms with Gasteiger partial charge in [0.1, 0.15) is 0 Å². The van der Waals surface area contributed by atoms with E-state index in [9.17, 15) is 0 Å². The highest BCUT2D eigenvalue weighted by Gasteiger charge is 2.22. The molecule has 0 amide bonds. The minimum absolute atomic E-state index is 0.541. The molecule has 0 saturated carbocycles. The highest BCUT2D eigenvalue weighted by atomic mass is 15.1. The number of hydrogen-bond acceptors (Lipinski definition) is 1. The van der Waals surface area contributed by atoms with Crippen LogP contribution in [0.3, 0.4) is 0 Å². The molecule has 1 aliphatic heterocycles. The molecular weight excluding hydrogens is 170 g/mol. The lowest BCUT2D eigenvalue weighted by Gasteiger charge is -2.30. The van der Waals surface area contributed by atoms with Crippen molar-refractivity contribution < 1.29 is 0 Å². The van der Waals surface area contributed by atoms with E-state index in [1.165, 1.54) is 58.2 Å². The van der Waals surface area contributed by atoms with E-state index in [4.69, 9.17) is 0 Å². The van der Waals surface area contributed by atoms with Crippen molar-refractivity contribution in [2.75, 3.05) is 19.6 Å². The molecule has 0 bridgehead atoms. The quantitative estimate of drug-likeness (QED) is 0.587. The zero-order valence-electron chi connectivity index (χ0n) is 10.3. The van der Waals surface area contributed by atoms with Crippen molar-refractivity contribution in [3.63, 3.8) is 0 Å². The summed E-state index contributed by atoms with van der Waals surface area (Å²) in [5.74, 6) is 0. The average molecular weight is 197 g/mol. The van der Waals surface area contributed by atoms with Crippen LogP contribution < -0.4 is 0 Å². The van der Waals surface area contributed by atoms with Crippen LogP contribution in [0.2, 0.25) is 0 Å². The second-order valence-electron chi connectivity index (χ2n) is 5.60. The van der Waals surface area contributed by atoms with Crippen LogP contribution in [-0.4, -0.2) is 24.5 Å². The molecule has 1 heteroatoms. The number of rotatable bonds is 6. The van der Waals surface area contributed by atoms with E-state index in [0.717, 1.165) is 0 Å². The van der Waals surface area contributed by atoms with E-state index < -0.39 is 0 Å². The van der Waals surface area contributed by atoms with Gasteiger partial charge in [0.2, 0.25) is 0 Å². The fourth-order valence-electron chi connectivity index (χ4n) is 2.48. The molecule has 0 aromatic carbocycles. The smallest absolute Gasteiger partial charge is 0.00327 e. The third-order valence-electron chi connectivity index (χ3n) is 3.31. The molecule has 0 atom stereocenters. The standard InChI is InChI=1S/C13H27N/c1-4-5-6-9-13(2,3)12-14-10-7-8-11-14/h4-12H2,1-3H3. The summed E-state index contributed by atoms with van der Waals surface area (Å²) in [6, 6.07) is 0. The number of unbranched alkanes of at least 4 members (excludes halogenated alkanes) is 2. The third-order valence-corrected chi connectivity index (χ3v) is 3.31. The van der Waals surface area contributed by atoms with Gasteiger partial charge in [-0.05, 0) is 37.8 Å². The Balaban J connectivity index is 2.18. The number of hydrogen-bond donors (Lipinski definition) is 0. The van der Waals surface area contributed by atoms with Gasteiger partial charge in [-0.2, -0.15) is 0 Å². The molecule has 0 aromatic rings. The SMILES string of the molecule is CCCCCC(C)(C)CN1CCCC1. The van der Waals surface area contributed by atoms with Crippen molar-refractivity contribution in [2.24, 2.45) is 5.41 Å². The molecule has 0 unspecified atom stereocenters. The molecule has 0 aromatic heterocycles. The van der Waals surface area contributed by atoms with Gasteiger partial charge in [0, 0.05) is 6.54 Å². The lowest BCUT2D eigenvalue weighted by molar-refractivity contribution is 0.193. The molecule has 84 valence electrons. The van der Waals surface area contributed by atoms with Crippen LogP contribution in [0.1, 0.15) is 59.3 Å². The second kappa shape index (κ2) is 5.75. The predicted octanol–water partition coefficient (Wildman–Crippen LogP) is 3.69. The fourth-order valence-corrected chi connectivity index (χ4v) is 2.48. The minimum Gasteiger partial charge on any atom is -0.303 e. The van der Waals surface area contributed by atoms with Crippen molar-refractivity contribution in [3.05, 3.63) is 0 Å². The second-order valence-corrected chi connectivity index (χ2v) is 5.60. The molecule has 0 N–H and O–H groups in total. The zero-order chi connectivity index (χ0) is 10.4. The van der Waals surface area contributed by atoms with E-state index in [1.807, 2.05) is 0 Å². The highest BCUT2D eigenvalue weighted by molar-refractivity contribution is 4.76. The van der Waals surface area contributed by atoms with Gasteiger partial charge in [-0.1, -0.05) is 40.0 Å². The van der Waals surface area contributed by atoms with Crippen LogP contribution >= 0.6 is 0 Å². The summed E-state index contributed by atoms with van der Waals surface area (Å²) in [7, 11) is 0. The Morgan fingerprint density at radius 2 is 1.71 bits per heavy atom. The van der Waals surface area contributed by atoms with Gasteiger partial charge >= 0.3 is 0 Å². The normalized spacial score (nSPS) is 19.1. The van der Waals surface area contributed by atoms with Crippen molar-refractivity contribution in [1.29, 1.82) is 0 Å². The topological polar surface area (TPSA) is 3.24 Å². The van der Waals surface area contributed by atoms with E-state index >= 15 is 0 Å². The molecule has 1 saturated heterocycles. The van der Waals surface area contributed by atoms with Crippen LogP contribution in [0.25, 0.3) is 0 Å². The third kappa shape index (κ3) is 4.45. The van der Waals surface area contributed by atoms with Gasteiger partial charge in [-0.3, -0.25) is 0 Å². The Morgan fingerprint density at radius 3 is 2.29 bits per heavy atom. The van der Waals surface area contributed by atoms with E-state index in [0.29, 0.717) is 5.41 Å². The fraction of sp³-hybridized carbons (Fsp3) is 1.00. The maximum absolute atomic E-state index is 2.64. The summed E-state index contributed by atoms with van der Waals surface area (Å²) in [5, 5.41) is 0. The van der Waals surface area contributed by atoms with Crippen LogP contribution in [0.5, 0.6) is 0 Å². The summed E-state index contributed by atoms with van der Waals surface area (Å²) in [6.07, 6.45) is 8.41. The predicted molar refractivity (Wildman–Crippen MR) is 63.6 cm³/mol. The van der Waals surface area contributed by atoms with E-state index in [-0.39, 0.29) is 0 Å². The Labute approximate surface area is 89.9 Å². The lowest BCUT2D eigenvalue weighted by Crippen LogP contribution is -2.32. The lowest BCUT2D eigenvalue weighted by atomic mass is 9.86. The molecule has 1 rings (SSSR count). The van der Waals surface area contributed by atoms with Crippen molar-refractivity contribution in [3.8, 4) is 0 Å². The molecule has 0 radical (unpaired) electrons. The monoisotopic (exact) mass is 197 g/mol. The molecule has 0 spiro atoms. The van der Waals surface area contributed by atoms with Gasteiger partial charge < -0.3 is 4.90 Å². The largest absolute Gasteiger partial charge is 0.303 e. The number of nitrogens with zero attached hydrogens (tertiary/aromatic N) is 1.